The second kappa shape index (κ2) is 5.89. The average Bonchev–Trinajstić information content (AvgIpc) is 2.09. The molecule has 2 saturated carbocycles. The van der Waals surface area contributed by atoms with Crippen LogP contribution in [0.2, 0.25) is 0 Å². The largest absolute Gasteiger partial charge is 0.481 e. The molecule has 2 unspecified atom stereocenters. The van der Waals surface area contributed by atoms with Crippen molar-refractivity contribution in [1.82, 2.24) is 0 Å². The molecular weight excluding hydrogens is 272 g/mol. The van der Waals surface area contributed by atoms with Crippen molar-refractivity contribution in [3.63, 3.8) is 0 Å². The van der Waals surface area contributed by atoms with Crippen LogP contribution in [0, 0.1) is 17.3 Å². The summed E-state index contributed by atoms with van der Waals surface area (Å²) in [6.07, 6.45) is 2.27. The maximum atomic E-state index is 10.4. The molecule has 2 aliphatic carbocycles. The molecule has 0 aromatic carbocycles. The summed E-state index contributed by atoms with van der Waals surface area (Å²) in [5.41, 5.74) is -1.44. The fourth-order valence-electron chi connectivity index (χ4n) is 2.14. The standard InChI is InChI=1S/2C6H8O4/c7-4(8)6(5(9)10)2-1-3-6;7-5(8)3-1-2-4(3)6(9)10/h1-3H2,(H,7,8)(H,9,10);3-4H,1-2H2,(H,7,8)(H,9,10). The zero-order chi connectivity index (χ0) is 15.5. The molecule has 0 amide bonds. The second-order valence-electron chi connectivity index (χ2n) is 5.01. The summed E-state index contributed by atoms with van der Waals surface area (Å²) in [6, 6.07) is 0. The van der Waals surface area contributed by atoms with Gasteiger partial charge in [0.2, 0.25) is 0 Å². The van der Waals surface area contributed by atoms with Crippen LogP contribution in [0.5, 0.6) is 0 Å². The Morgan fingerprint density at radius 3 is 1.15 bits per heavy atom. The average molecular weight is 288 g/mol. The Balaban J connectivity index is 0.000000200. The number of aliphatic carboxylic acids is 4. The van der Waals surface area contributed by atoms with Gasteiger partial charge in [-0.2, -0.15) is 0 Å². The smallest absolute Gasteiger partial charge is 0.321 e. The maximum Gasteiger partial charge on any atom is 0.321 e. The van der Waals surface area contributed by atoms with Crippen LogP contribution in [-0.2, 0) is 19.2 Å². The van der Waals surface area contributed by atoms with Crippen molar-refractivity contribution < 1.29 is 39.6 Å². The number of hydrogen-bond donors (Lipinski definition) is 4. The van der Waals surface area contributed by atoms with Gasteiger partial charge in [-0.3, -0.25) is 19.2 Å². The minimum Gasteiger partial charge on any atom is -0.481 e. The molecule has 112 valence electrons. The van der Waals surface area contributed by atoms with Crippen molar-refractivity contribution in [3.8, 4) is 0 Å². The van der Waals surface area contributed by atoms with E-state index in [-0.39, 0.29) is 12.8 Å². The summed E-state index contributed by atoms with van der Waals surface area (Å²) in [5.74, 6) is -5.66. The molecule has 0 aromatic heterocycles. The molecule has 0 saturated heterocycles. The summed E-state index contributed by atoms with van der Waals surface area (Å²) < 4.78 is 0. The molecule has 8 nitrogen and oxygen atoms in total. The summed E-state index contributed by atoms with van der Waals surface area (Å²) in [7, 11) is 0. The third kappa shape index (κ3) is 2.89. The van der Waals surface area contributed by atoms with Crippen LogP contribution in [-0.4, -0.2) is 44.3 Å². The second-order valence-corrected chi connectivity index (χ2v) is 5.01. The van der Waals surface area contributed by atoms with E-state index in [1.54, 1.807) is 0 Å². The molecule has 2 atom stereocenters. The number of hydrogen-bond acceptors (Lipinski definition) is 4. The molecule has 2 aliphatic rings. The highest BCUT2D eigenvalue weighted by molar-refractivity contribution is 5.99. The number of rotatable bonds is 4. The highest BCUT2D eigenvalue weighted by Crippen LogP contribution is 2.41. The highest BCUT2D eigenvalue weighted by Gasteiger charge is 2.51. The maximum absolute atomic E-state index is 10.4. The van der Waals surface area contributed by atoms with E-state index < -0.39 is 41.1 Å². The Morgan fingerprint density at radius 2 is 1.10 bits per heavy atom. The van der Waals surface area contributed by atoms with Gasteiger partial charge in [0.1, 0.15) is 0 Å². The summed E-state index contributed by atoms with van der Waals surface area (Å²) >= 11 is 0. The first-order valence-electron chi connectivity index (χ1n) is 6.15. The van der Waals surface area contributed by atoms with Gasteiger partial charge in [-0.05, 0) is 32.1 Å². The van der Waals surface area contributed by atoms with Crippen LogP contribution in [0.25, 0.3) is 0 Å². The van der Waals surface area contributed by atoms with Gasteiger partial charge in [0, 0.05) is 0 Å². The van der Waals surface area contributed by atoms with E-state index in [0.29, 0.717) is 19.3 Å². The molecule has 0 heterocycles. The lowest BCUT2D eigenvalue weighted by Gasteiger charge is -2.32. The van der Waals surface area contributed by atoms with E-state index in [0.717, 1.165) is 0 Å². The van der Waals surface area contributed by atoms with Crippen LogP contribution < -0.4 is 0 Å². The Kier molecular flexibility index (Phi) is 4.69. The predicted octanol–water partition coefficient (Wildman–Crippen LogP) is 0.508. The first-order valence-corrected chi connectivity index (χ1v) is 6.15. The molecule has 8 heteroatoms. The van der Waals surface area contributed by atoms with Gasteiger partial charge in [0.25, 0.3) is 0 Å². The monoisotopic (exact) mass is 288 g/mol. The molecule has 0 radical (unpaired) electrons. The topological polar surface area (TPSA) is 149 Å². The number of carbonyl (C=O) groups is 4. The van der Waals surface area contributed by atoms with Gasteiger partial charge in [-0.25, -0.2) is 0 Å². The molecule has 0 aromatic rings. The summed E-state index contributed by atoms with van der Waals surface area (Å²) in [4.78, 5) is 41.2. The Morgan fingerprint density at radius 1 is 0.750 bits per heavy atom. The lowest BCUT2D eigenvalue weighted by atomic mass is 9.69. The Hall–Kier alpha value is -2.12. The summed E-state index contributed by atoms with van der Waals surface area (Å²) in [6.45, 7) is 0. The van der Waals surface area contributed by atoms with Gasteiger partial charge in [-0.15, -0.1) is 0 Å². The van der Waals surface area contributed by atoms with Crippen molar-refractivity contribution in [2.75, 3.05) is 0 Å². The van der Waals surface area contributed by atoms with E-state index >= 15 is 0 Å². The molecule has 0 bridgehead atoms. The van der Waals surface area contributed by atoms with Gasteiger partial charge < -0.3 is 20.4 Å². The van der Waals surface area contributed by atoms with E-state index in [1.165, 1.54) is 0 Å². The molecule has 20 heavy (non-hydrogen) atoms. The number of carboxylic acids is 4. The van der Waals surface area contributed by atoms with E-state index in [1.807, 2.05) is 0 Å². The van der Waals surface area contributed by atoms with E-state index in [2.05, 4.69) is 0 Å². The lowest BCUT2D eigenvalue weighted by molar-refractivity contribution is -0.171. The first-order chi connectivity index (χ1) is 9.22. The third-order valence-electron chi connectivity index (χ3n) is 3.93. The normalized spacial score (nSPS) is 26.0. The Bertz CT molecular complexity index is 401. The fourth-order valence-corrected chi connectivity index (χ4v) is 2.14. The van der Waals surface area contributed by atoms with Crippen molar-refractivity contribution in [3.05, 3.63) is 0 Å². The quantitative estimate of drug-likeness (QED) is 0.546. The van der Waals surface area contributed by atoms with Crippen molar-refractivity contribution in [1.29, 1.82) is 0 Å². The zero-order valence-electron chi connectivity index (χ0n) is 10.6. The highest BCUT2D eigenvalue weighted by atomic mass is 16.4. The van der Waals surface area contributed by atoms with Gasteiger partial charge in [0.05, 0.1) is 11.8 Å². The van der Waals surface area contributed by atoms with Crippen molar-refractivity contribution >= 4 is 23.9 Å². The van der Waals surface area contributed by atoms with Gasteiger partial charge in [-0.1, -0.05) is 0 Å². The zero-order valence-corrected chi connectivity index (χ0v) is 10.6. The lowest BCUT2D eigenvalue weighted by Crippen LogP contribution is -2.44. The SMILES string of the molecule is O=C(O)C1(C(=O)O)CCC1.O=C(O)C1CCC1C(=O)O. The third-order valence-corrected chi connectivity index (χ3v) is 3.93. The Labute approximate surface area is 114 Å². The van der Waals surface area contributed by atoms with Crippen LogP contribution in [0.4, 0.5) is 0 Å². The first kappa shape index (κ1) is 15.9. The van der Waals surface area contributed by atoms with Crippen molar-refractivity contribution in [2.45, 2.75) is 32.1 Å². The number of carboxylic acid groups (broad SMARTS) is 4. The fraction of sp³-hybridized carbons (Fsp3) is 0.667. The van der Waals surface area contributed by atoms with Crippen LogP contribution in [0.15, 0.2) is 0 Å². The van der Waals surface area contributed by atoms with Crippen molar-refractivity contribution in [2.24, 2.45) is 17.3 Å². The van der Waals surface area contributed by atoms with Crippen LogP contribution in [0.1, 0.15) is 32.1 Å². The minimum absolute atomic E-state index is 0.275. The predicted molar refractivity (Wildman–Crippen MR) is 63.0 cm³/mol. The van der Waals surface area contributed by atoms with Gasteiger partial charge in [0.15, 0.2) is 5.41 Å². The molecular formula is C12H16O8. The van der Waals surface area contributed by atoms with Gasteiger partial charge >= 0.3 is 23.9 Å². The molecule has 2 rings (SSSR count). The van der Waals surface area contributed by atoms with Crippen LogP contribution in [0.3, 0.4) is 0 Å². The van der Waals surface area contributed by atoms with E-state index in [4.69, 9.17) is 20.4 Å². The molecule has 2 fully saturated rings. The van der Waals surface area contributed by atoms with Crippen LogP contribution >= 0.6 is 0 Å². The summed E-state index contributed by atoms with van der Waals surface area (Å²) in [5, 5.41) is 33.7. The molecule has 4 N–H and O–H groups in total. The molecule has 0 spiro atoms. The molecule has 0 aliphatic heterocycles. The minimum atomic E-state index is -1.44. The van der Waals surface area contributed by atoms with E-state index in [9.17, 15) is 19.2 Å².